The molecular weight excluding hydrogens is 380 g/mol. The molecule has 25 heavy (non-hydrogen) atoms. The van der Waals surface area contributed by atoms with E-state index in [1.807, 2.05) is 0 Å². The molecule has 1 saturated heterocycles. The number of fused-ring (bicyclic) bond motifs is 3. The van der Waals surface area contributed by atoms with Crippen LogP contribution in [0, 0.1) is 40.4 Å². The topological polar surface area (TPSA) is 43.4 Å². The minimum absolute atomic E-state index is 0.0652. The number of Topliss-reactive ketones (excluding diaryl/α,β-unsaturated/α-hetero) is 2. The minimum Gasteiger partial charge on any atom is -0.376 e. The number of hydrogen-bond donors (Lipinski definition) is 0. The Morgan fingerprint density at radius 3 is 2.68 bits per heavy atom. The van der Waals surface area contributed by atoms with Crippen LogP contribution >= 0.6 is 15.9 Å². The van der Waals surface area contributed by atoms with Crippen molar-refractivity contribution in [3.05, 3.63) is 0 Å². The van der Waals surface area contributed by atoms with Crippen LogP contribution in [0.25, 0.3) is 0 Å². The summed E-state index contributed by atoms with van der Waals surface area (Å²) in [5.41, 5.74) is -0.0404. The molecule has 9 atom stereocenters. The predicted molar refractivity (Wildman–Crippen MR) is 98.5 cm³/mol. The number of rotatable bonds is 0. The smallest absolute Gasteiger partial charge is 0.139 e. The monoisotopic (exact) mass is 408 g/mol. The minimum atomic E-state index is -0.189. The van der Waals surface area contributed by atoms with E-state index in [1.165, 1.54) is 0 Å². The quantitative estimate of drug-likeness (QED) is 0.564. The van der Waals surface area contributed by atoms with Gasteiger partial charge in [-0.3, -0.25) is 9.59 Å². The van der Waals surface area contributed by atoms with E-state index < -0.39 is 0 Å². The van der Waals surface area contributed by atoms with E-state index in [9.17, 15) is 9.59 Å². The van der Waals surface area contributed by atoms with Crippen molar-refractivity contribution in [3.8, 4) is 0 Å². The lowest BCUT2D eigenvalue weighted by Crippen LogP contribution is -2.68. The van der Waals surface area contributed by atoms with Crippen LogP contribution < -0.4 is 0 Å². The first-order chi connectivity index (χ1) is 11.8. The number of alkyl halides is 1. The van der Waals surface area contributed by atoms with Gasteiger partial charge in [-0.25, -0.2) is 0 Å². The third-order valence-electron chi connectivity index (χ3n) is 9.38. The molecule has 4 heteroatoms. The zero-order valence-electron chi connectivity index (χ0n) is 15.5. The van der Waals surface area contributed by atoms with Crippen molar-refractivity contribution in [2.24, 2.45) is 40.4 Å². The number of carbonyl (C=O) groups is 2. The van der Waals surface area contributed by atoms with E-state index in [-0.39, 0.29) is 21.3 Å². The van der Waals surface area contributed by atoms with E-state index in [1.54, 1.807) is 0 Å². The Morgan fingerprint density at radius 2 is 1.92 bits per heavy atom. The first-order valence-corrected chi connectivity index (χ1v) is 10.9. The zero-order chi connectivity index (χ0) is 17.8. The van der Waals surface area contributed by atoms with Gasteiger partial charge in [0, 0.05) is 30.1 Å². The number of halogens is 1. The van der Waals surface area contributed by atoms with Gasteiger partial charge in [-0.1, -0.05) is 36.7 Å². The fourth-order valence-corrected chi connectivity index (χ4v) is 9.96. The molecule has 1 aliphatic heterocycles. The second-order valence-corrected chi connectivity index (χ2v) is 11.4. The highest BCUT2D eigenvalue weighted by Gasteiger charge is 2.75. The molecule has 4 saturated carbocycles. The van der Waals surface area contributed by atoms with Gasteiger partial charge in [0.15, 0.2) is 0 Å². The molecule has 1 heterocycles. The molecular formula is C21H29BrO3. The van der Waals surface area contributed by atoms with Crippen LogP contribution in [0.1, 0.15) is 59.3 Å². The molecule has 3 nitrogen and oxygen atoms in total. The second-order valence-electron chi connectivity index (χ2n) is 10.0. The normalized spacial score (nSPS) is 60.2. The molecule has 0 unspecified atom stereocenters. The van der Waals surface area contributed by atoms with E-state index >= 15 is 0 Å². The Hall–Kier alpha value is -0.220. The predicted octanol–water partition coefficient (Wildman–Crippen LogP) is 4.17. The van der Waals surface area contributed by atoms with Crippen molar-refractivity contribution in [1.29, 1.82) is 0 Å². The summed E-state index contributed by atoms with van der Waals surface area (Å²) in [5.74, 6) is 3.31. The van der Waals surface area contributed by atoms with Crippen molar-refractivity contribution in [1.82, 2.24) is 0 Å². The highest BCUT2D eigenvalue weighted by atomic mass is 79.9. The lowest BCUT2D eigenvalue weighted by molar-refractivity contribution is -0.151. The second kappa shape index (κ2) is 4.98. The van der Waals surface area contributed by atoms with Crippen molar-refractivity contribution in [3.63, 3.8) is 0 Å². The molecule has 2 bridgehead atoms. The van der Waals surface area contributed by atoms with Gasteiger partial charge in [0.2, 0.25) is 0 Å². The summed E-state index contributed by atoms with van der Waals surface area (Å²) < 4.78 is 6.28. The van der Waals surface area contributed by atoms with Crippen molar-refractivity contribution in [2.75, 3.05) is 6.61 Å². The van der Waals surface area contributed by atoms with Crippen molar-refractivity contribution >= 4 is 27.5 Å². The lowest BCUT2D eigenvalue weighted by atomic mass is 9.41. The maximum absolute atomic E-state index is 12.7. The van der Waals surface area contributed by atoms with Gasteiger partial charge in [-0.05, 0) is 48.9 Å². The number of carbonyl (C=O) groups excluding carboxylic acids is 2. The van der Waals surface area contributed by atoms with Crippen LogP contribution in [0.15, 0.2) is 0 Å². The van der Waals surface area contributed by atoms with Gasteiger partial charge in [-0.2, -0.15) is 0 Å². The maximum atomic E-state index is 12.7. The fourth-order valence-electron chi connectivity index (χ4n) is 8.30. The molecule has 0 radical (unpaired) electrons. The van der Waals surface area contributed by atoms with Gasteiger partial charge in [-0.15, -0.1) is 0 Å². The van der Waals surface area contributed by atoms with E-state index in [0.29, 0.717) is 54.0 Å². The Morgan fingerprint density at radius 1 is 1.16 bits per heavy atom. The first-order valence-electron chi connectivity index (χ1n) is 10.1. The largest absolute Gasteiger partial charge is 0.376 e. The van der Waals surface area contributed by atoms with Gasteiger partial charge in [0.05, 0.1) is 17.0 Å². The summed E-state index contributed by atoms with van der Waals surface area (Å²) in [6.45, 7) is 7.64. The average molecular weight is 409 g/mol. The SMILES string of the molecule is C[C@H]1[C@@H]2[C@H](CC[C@]3(C)C(=O)CC[C@@H]23)[C@]23CO[C@H]1[C@@]2(Br)CC(=O)C[C@H]3C. The lowest BCUT2D eigenvalue weighted by Gasteiger charge is -2.64. The van der Waals surface area contributed by atoms with Crippen molar-refractivity contribution in [2.45, 2.75) is 69.7 Å². The number of ether oxygens (including phenoxy) is 1. The summed E-state index contributed by atoms with van der Waals surface area (Å²) in [5, 5.41) is 0. The summed E-state index contributed by atoms with van der Waals surface area (Å²) in [4.78, 5) is 25.1. The molecule has 0 aromatic heterocycles. The Bertz CT molecular complexity index is 662. The van der Waals surface area contributed by atoms with Crippen LogP contribution in [-0.2, 0) is 14.3 Å². The van der Waals surface area contributed by atoms with Crippen molar-refractivity contribution < 1.29 is 14.3 Å². The third kappa shape index (κ3) is 1.73. The van der Waals surface area contributed by atoms with Gasteiger partial charge in [0.1, 0.15) is 11.6 Å². The van der Waals surface area contributed by atoms with Gasteiger partial charge < -0.3 is 4.74 Å². The molecule has 4 aliphatic carbocycles. The molecule has 138 valence electrons. The molecule has 0 aromatic rings. The Balaban J connectivity index is 1.64. The van der Waals surface area contributed by atoms with Crippen LogP contribution in [0.5, 0.6) is 0 Å². The average Bonchev–Trinajstić information content (AvgIpc) is 2.95. The van der Waals surface area contributed by atoms with Gasteiger partial charge in [0.25, 0.3) is 0 Å². The first kappa shape index (κ1) is 16.9. The molecule has 0 aromatic carbocycles. The fraction of sp³-hybridized carbons (Fsp3) is 0.905. The van der Waals surface area contributed by atoms with E-state index in [2.05, 4.69) is 36.7 Å². The number of hydrogen-bond acceptors (Lipinski definition) is 3. The molecule has 0 amide bonds. The van der Waals surface area contributed by atoms with Crippen LogP contribution in [0.3, 0.4) is 0 Å². The molecule has 5 aliphatic rings. The standard InChI is InChI=1S/C21H29BrO3/c1-11-8-13(23)9-21(22)18-12(2)17-14-4-5-16(24)19(14,3)7-6-15(17)20(11,21)10-25-18/h11-12,14-15,17-18H,4-10H2,1-3H3/t11-,12+,14+,15+,17+,18-,19+,20-,21+/m1/s1. The van der Waals surface area contributed by atoms with Gasteiger partial charge >= 0.3 is 0 Å². The summed E-state index contributed by atoms with van der Waals surface area (Å²) in [7, 11) is 0. The highest BCUT2D eigenvalue weighted by Crippen LogP contribution is 2.73. The maximum Gasteiger partial charge on any atom is 0.139 e. The number of ketones is 2. The molecule has 5 rings (SSSR count). The van der Waals surface area contributed by atoms with E-state index in [0.717, 1.165) is 32.3 Å². The van der Waals surface area contributed by atoms with Crippen LogP contribution in [0.2, 0.25) is 0 Å². The highest BCUT2D eigenvalue weighted by molar-refractivity contribution is 9.10. The zero-order valence-corrected chi connectivity index (χ0v) is 17.1. The molecule has 5 fully saturated rings. The summed E-state index contributed by atoms with van der Waals surface area (Å²) in [6.07, 6.45) is 5.41. The Kier molecular flexibility index (Phi) is 3.37. The Labute approximate surface area is 158 Å². The van der Waals surface area contributed by atoms with Crippen LogP contribution in [0.4, 0.5) is 0 Å². The van der Waals surface area contributed by atoms with E-state index in [4.69, 9.17) is 4.74 Å². The summed E-state index contributed by atoms with van der Waals surface area (Å²) in [6, 6.07) is 0. The third-order valence-corrected chi connectivity index (χ3v) is 10.9. The summed E-state index contributed by atoms with van der Waals surface area (Å²) >= 11 is 4.13. The van der Waals surface area contributed by atoms with Crippen LogP contribution in [-0.4, -0.2) is 28.6 Å². The molecule has 0 spiro atoms. The molecule has 0 N–H and O–H groups in total.